The van der Waals surface area contributed by atoms with Crippen LogP contribution in [0.25, 0.3) is 22.4 Å². The molecule has 2 fully saturated rings. The smallest absolute Gasteiger partial charge is 0.411 e. The fourth-order valence-electron chi connectivity index (χ4n) is 4.98. The monoisotopic (exact) mass is 486 g/mol. The molecular weight excluding hydrogens is 462 g/mol. The summed E-state index contributed by atoms with van der Waals surface area (Å²) in [5, 5.41) is 3.62. The molecule has 10 nitrogen and oxygen atoms in total. The molecule has 0 radical (unpaired) electrons. The third-order valence-corrected chi connectivity index (χ3v) is 6.85. The number of carbonyl (C=O) groups is 2. The minimum absolute atomic E-state index is 0.000782. The number of nitrogens with zero attached hydrogens (tertiary/aromatic N) is 4. The Bertz CT molecular complexity index is 1300. The van der Waals surface area contributed by atoms with E-state index in [0.29, 0.717) is 35.9 Å². The molecule has 1 aliphatic carbocycles. The van der Waals surface area contributed by atoms with Gasteiger partial charge in [-0.2, -0.15) is 0 Å². The van der Waals surface area contributed by atoms with Crippen LogP contribution in [0, 0.1) is 11.6 Å². The van der Waals surface area contributed by atoms with E-state index < -0.39 is 29.3 Å². The van der Waals surface area contributed by atoms with E-state index in [-0.39, 0.29) is 30.3 Å². The number of pyridine rings is 1. The maximum atomic E-state index is 14.7. The van der Waals surface area contributed by atoms with E-state index >= 15 is 0 Å². The number of nitrogens with one attached hydrogen (secondary N) is 2. The summed E-state index contributed by atoms with van der Waals surface area (Å²) in [6.07, 6.45) is 5.67. The Kier molecular flexibility index (Phi) is 5.73. The lowest BCUT2D eigenvalue weighted by molar-refractivity contribution is -0.141. The number of hydrogen-bond acceptors (Lipinski definition) is 8. The topological polar surface area (TPSA) is 122 Å². The molecule has 1 saturated carbocycles. The van der Waals surface area contributed by atoms with Crippen molar-refractivity contribution >= 4 is 28.9 Å². The number of amides is 1. The highest BCUT2D eigenvalue weighted by molar-refractivity contribution is 5.91. The van der Waals surface area contributed by atoms with Crippen molar-refractivity contribution in [2.45, 2.75) is 50.3 Å². The second-order valence-electron chi connectivity index (χ2n) is 8.89. The number of esters is 1. The van der Waals surface area contributed by atoms with Crippen LogP contribution in [0.15, 0.2) is 24.7 Å². The average molecular weight is 486 g/mol. The molecule has 0 bridgehead atoms. The summed E-state index contributed by atoms with van der Waals surface area (Å²) >= 11 is 0. The lowest BCUT2D eigenvalue weighted by Gasteiger charge is -2.39. The van der Waals surface area contributed by atoms with E-state index in [4.69, 9.17) is 4.74 Å². The predicted molar refractivity (Wildman–Crippen MR) is 120 cm³/mol. The van der Waals surface area contributed by atoms with Crippen LogP contribution in [0.5, 0.6) is 0 Å². The number of aromatic amines is 1. The highest BCUT2D eigenvalue weighted by atomic mass is 19.1. The van der Waals surface area contributed by atoms with Gasteiger partial charge < -0.3 is 19.8 Å². The molecule has 3 aromatic rings. The SMILES string of the molecule is COC(=O)CN1C(=O)O[C@]2(CCC[C@H](Nc3nc(-c4c[nH]c5ncc(F)cc45)ncc3F)C2)C1C. The van der Waals surface area contributed by atoms with Crippen LogP contribution in [0.4, 0.5) is 19.4 Å². The standard InChI is InChI=1S/C23H24F2N6O4/c1-12-23(35-22(33)31(12)11-18(32)34-2)5-3-4-14(7-23)29-21-17(25)10-28-20(30-21)16-9-27-19-15(16)6-13(24)8-26-19/h6,8-10,12,14H,3-5,7,11H2,1-2H3,(H,26,27)(H,28,29,30)/t12?,14-,23-/m0/s1. The summed E-state index contributed by atoms with van der Waals surface area (Å²) in [4.78, 5) is 41.0. The number of H-pyrrole nitrogens is 1. The summed E-state index contributed by atoms with van der Waals surface area (Å²) in [7, 11) is 1.26. The Balaban J connectivity index is 1.37. The first kappa shape index (κ1) is 22.9. The van der Waals surface area contributed by atoms with E-state index in [2.05, 4.69) is 30.0 Å². The van der Waals surface area contributed by atoms with Gasteiger partial charge in [0, 0.05) is 29.6 Å². The summed E-state index contributed by atoms with van der Waals surface area (Å²) in [6, 6.07) is 0.712. The summed E-state index contributed by atoms with van der Waals surface area (Å²) in [5.74, 6) is -1.46. The van der Waals surface area contributed by atoms with Crippen molar-refractivity contribution in [2.75, 3.05) is 19.0 Å². The molecule has 184 valence electrons. The predicted octanol–water partition coefficient (Wildman–Crippen LogP) is 3.41. The zero-order valence-corrected chi connectivity index (χ0v) is 19.2. The first-order valence-electron chi connectivity index (χ1n) is 11.3. The number of halogens is 2. The van der Waals surface area contributed by atoms with Crippen molar-refractivity contribution < 1.29 is 27.8 Å². The number of anilines is 1. The maximum Gasteiger partial charge on any atom is 0.411 e. The molecular formula is C23H24F2N6O4. The number of rotatable bonds is 5. The van der Waals surface area contributed by atoms with Gasteiger partial charge in [-0.3, -0.25) is 9.69 Å². The zero-order valence-electron chi connectivity index (χ0n) is 19.2. The molecule has 0 aromatic carbocycles. The van der Waals surface area contributed by atoms with Crippen LogP contribution in [0.1, 0.15) is 32.6 Å². The Morgan fingerprint density at radius 1 is 1.37 bits per heavy atom. The van der Waals surface area contributed by atoms with Crippen LogP contribution in [-0.4, -0.2) is 68.2 Å². The quantitative estimate of drug-likeness (QED) is 0.526. The lowest BCUT2D eigenvalue weighted by Crippen LogP contribution is -2.50. The van der Waals surface area contributed by atoms with Gasteiger partial charge in [0.15, 0.2) is 17.5 Å². The Labute approximate surface area is 199 Å². The van der Waals surface area contributed by atoms with Crippen LogP contribution in [0.3, 0.4) is 0 Å². The highest BCUT2D eigenvalue weighted by Gasteiger charge is 2.54. The van der Waals surface area contributed by atoms with Gasteiger partial charge in [-0.25, -0.2) is 28.5 Å². The molecule has 3 atom stereocenters. The average Bonchev–Trinajstić information content (AvgIpc) is 3.34. The second-order valence-corrected chi connectivity index (χ2v) is 8.89. The van der Waals surface area contributed by atoms with Crippen molar-refractivity contribution in [3.05, 3.63) is 36.3 Å². The molecule has 35 heavy (non-hydrogen) atoms. The maximum absolute atomic E-state index is 14.7. The highest BCUT2D eigenvalue weighted by Crippen LogP contribution is 2.42. The van der Waals surface area contributed by atoms with Gasteiger partial charge in [0.2, 0.25) is 0 Å². The molecule has 1 aliphatic heterocycles. The fourth-order valence-corrected chi connectivity index (χ4v) is 4.98. The number of ether oxygens (including phenoxy) is 2. The van der Waals surface area contributed by atoms with Crippen molar-refractivity contribution in [3.63, 3.8) is 0 Å². The van der Waals surface area contributed by atoms with Crippen molar-refractivity contribution in [2.24, 2.45) is 0 Å². The summed E-state index contributed by atoms with van der Waals surface area (Å²) in [5.41, 5.74) is 0.145. The van der Waals surface area contributed by atoms with Gasteiger partial charge in [-0.1, -0.05) is 0 Å². The first-order chi connectivity index (χ1) is 16.8. The molecule has 2 aliphatic rings. The first-order valence-corrected chi connectivity index (χ1v) is 11.3. The molecule has 1 saturated heterocycles. The van der Waals surface area contributed by atoms with Crippen molar-refractivity contribution in [3.8, 4) is 11.4 Å². The van der Waals surface area contributed by atoms with Gasteiger partial charge in [-0.15, -0.1) is 0 Å². The van der Waals surface area contributed by atoms with Gasteiger partial charge in [0.25, 0.3) is 0 Å². The van der Waals surface area contributed by atoms with Crippen LogP contribution < -0.4 is 5.32 Å². The molecule has 5 rings (SSSR count). The zero-order chi connectivity index (χ0) is 24.7. The van der Waals surface area contributed by atoms with E-state index in [1.165, 1.54) is 18.1 Å². The number of fused-ring (bicyclic) bond motifs is 1. The van der Waals surface area contributed by atoms with Crippen molar-refractivity contribution in [1.82, 2.24) is 24.8 Å². The fraction of sp³-hybridized carbons (Fsp3) is 0.435. The Morgan fingerprint density at radius 3 is 3.00 bits per heavy atom. The van der Waals surface area contributed by atoms with Crippen LogP contribution in [-0.2, 0) is 14.3 Å². The molecule has 3 aromatic heterocycles. The van der Waals surface area contributed by atoms with Gasteiger partial charge in [0.1, 0.15) is 23.6 Å². The van der Waals surface area contributed by atoms with E-state index in [1.54, 1.807) is 6.20 Å². The minimum atomic E-state index is -0.812. The van der Waals surface area contributed by atoms with Crippen molar-refractivity contribution in [1.29, 1.82) is 0 Å². The van der Waals surface area contributed by atoms with E-state index in [1.807, 2.05) is 6.92 Å². The Hall–Kier alpha value is -3.83. The normalized spacial score (nSPS) is 24.1. The molecule has 1 spiro atoms. The molecule has 4 heterocycles. The Morgan fingerprint density at radius 2 is 2.20 bits per heavy atom. The summed E-state index contributed by atoms with van der Waals surface area (Å²) < 4.78 is 38.9. The third kappa shape index (κ3) is 4.13. The van der Waals surface area contributed by atoms with Gasteiger partial charge in [-0.05, 0) is 32.3 Å². The number of hydrogen-bond donors (Lipinski definition) is 2. The van der Waals surface area contributed by atoms with Gasteiger partial charge >= 0.3 is 12.1 Å². The number of carbonyl (C=O) groups excluding carboxylic acids is 2. The lowest BCUT2D eigenvalue weighted by atomic mass is 9.77. The largest absolute Gasteiger partial charge is 0.468 e. The molecule has 12 heteroatoms. The molecule has 1 amide bonds. The van der Waals surface area contributed by atoms with Crippen LogP contribution >= 0.6 is 0 Å². The second kappa shape index (κ2) is 8.75. The van der Waals surface area contributed by atoms with Gasteiger partial charge in [0.05, 0.1) is 25.5 Å². The molecule has 1 unspecified atom stereocenters. The van der Waals surface area contributed by atoms with E-state index in [0.717, 1.165) is 18.8 Å². The van der Waals surface area contributed by atoms with E-state index in [9.17, 15) is 18.4 Å². The summed E-state index contributed by atoms with van der Waals surface area (Å²) in [6.45, 7) is 1.64. The van der Waals surface area contributed by atoms with Crippen LogP contribution in [0.2, 0.25) is 0 Å². The number of methoxy groups -OCH3 is 1. The third-order valence-electron chi connectivity index (χ3n) is 6.85. The minimum Gasteiger partial charge on any atom is -0.468 e. The number of aromatic nitrogens is 4. The molecule has 2 N–H and O–H groups in total.